The van der Waals surface area contributed by atoms with Crippen LogP contribution < -0.4 is 11.3 Å². The summed E-state index contributed by atoms with van der Waals surface area (Å²) >= 11 is 0. The van der Waals surface area contributed by atoms with E-state index in [2.05, 4.69) is 33.5 Å². The normalized spacial score (nSPS) is 13.2. The topological polar surface area (TPSA) is 54.2 Å². The van der Waals surface area contributed by atoms with Gasteiger partial charge >= 0.3 is 0 Å². The second-order valence-electron chi connectivity index (χ2n) is 4.43. The second kappa shape index (κ2) is 5.23. The van der Waals surface area contributed by atoms with Crippen LogP contribution in [0.25, 0.3) is 10.8 Å². The SMILES string of the molecule is CN(C)CC(NN)c1cccc2ccncc12. The Hall–Kier alpha value is -1.49. The molecule has 0 saturated heterocycles. The van der Waals surface area contributed by atoms with E-state index in [0.717, 1.165) is 11.9 Å². The van der Waals surface area contributed by atoms with Gasteiger partial charge in [-0.15, -0.1) is 0 Å². The lowest BCUT2D eigenvalue weighted by Crippen LogP contribution is -2.35. The minimum atomic E-state index is 0.109. The van der Waals surface area contributed by atoms with Gasteiger partial charge in [-0.05, 0) is 31.1 Å². The second-order valence-corrected chi connectivity index (χ2v) is 4.43. The Morgan fingerprint density at radius 1 is 1.35 bits per heavy atom. The summed E-state index contributed by atoms with van der Waals surface area (Å²) in [4.78, 5) is 6.30. The summed E-state index contributed by atoms with van der Waals surface area (Å²) in [7, 11) is 4.07. The van der Waals surface area contributed by atoms with Gasteiger partial charge in [-0.1, -0.05) is 18.2 Å². The lowest BCUT2D eigenvalue weighted by Gasteiger charge is -2.21. The molecule has 2 rings (SSSR count). The number of nitrogens with zero attached hydrogens (tertiary/aromatic N) is 2. The molecule has 0 spiro atoms. The molecule has 0 saturated carbocycles. The number of pyridine rings is 1. The van der Waals surface area contributed by atoms with E-state index in [1.165, 1.54) is 10.9 Å². The molecule has 1 unspecified atom stereocenters. The molecule has 4 heteroatoms. The van der Waals surface area contributed by atoms with Crippen molar-refractivity contribution in [1.82, 2.24) is 15.3 Å². The minimum Gasteiger partial charge on any atom is -0.307 e. The zero-order chi connectivity index (χ0) is 12.3. The van der Waals surface area contributed by atoms with E-state index >= 15 is 0 Å². The molecule has 0 radical (unpaired) electrons. The van der Waals surface area contributed by atoms with Gasteiger partial charge in [0.2, 0.25) is 0 Å². The molecule has 1 aromatic heterocycles. The molecule has 17 heavy (non-hydrogen) atoms. The summed E-state index contributed by atoms with van der Waals surface area (Å²) in [6.07, 6.45) is 3.70. The summed E-state index contributed by atoms with van der Waals surface area (Å²) in [5.41, 5.74) is 4.06. The Morgan fingerprint density at radius 2 is 2.18 bits per heavy atom. The molecule has 1 atom stereocenters. The fourth-order valence-electron chi connectivity index (χ4n) is 2.05. The predicted molar refractivity (Wildman–Crippen MR) is 70.4 cm³/mol. The smallest absolute Gasteiger partial charge is 0.0593 e. The molecular weight excluding hydrogens is 212 g/mol. The van der Waals surface area contributed by atoms with Crippen molar-refractivity contribution in [2.24, 2.45) is 5.84 Å². The Balaban J connectivity index is 2.46. The first-order valence-electron chi connectivity index (χ1n) is 5.66. The highest BCUT2D eigenvalue weighted by atomic mass is 15.3. The third kappa shape index (κ3) is 2.61. The zero-order valence-corrected chi connectivity index (χ0v) is 10.2. The molecule has 0 fully saturated rings. The molecule has 4 nitrogen and oxygen atoms in total. The van der Waals surface area contributed by atoms with E-state index in [0.29, 0.717) is 0 Å². The summed E-state index contributed by atoms with van der Waals surface area (Å²) < 4.78 is 0. The van der Waals surface area contributed by atoms with Gasteiger partial charge in [0.25, 0.3) is 0 Å². The number of hydrogen-bond donors (Lipinski definition) is 2. The number of nitrogens with two attached hydrogens (primary N) is 1. The Bertz CT molecular complexity index is 490. The maximum absolute atomic E-state index is 5.65. The van der Waals surface area contributed by atoms with Crippen LogP contribution in [-0.4, -0.2) is 30.5 Å². The quantitative estimate of drug-likeness (QED) is 0.614. The third-order valence-corrected chi connectivity index (χ3v) is 2.84. The van der Waals surface area contributed by atoms with Crippen molar-refractivity contribution in [3.05, 3.63) is 42.2 Å². The standard InChI is InChI=1S/C13H18N4/c1-17(2)9-13(16-14)11-5-3-4-10-6-7-15-8-12(10)11/h3-8,13,16H,9,14H2,1-2H3. The molecular formula is C13H18N4. The number of nitrogens with one attached hydrogen (secondary N) is 1. The number of rotatable bonds is 4. The van der Waals surface area contributed by atoms with Crippen molar-refractivity contribution in [3.8, 4) is 0 Å². The van der Waals surface area contributed by atoms with Gasteiger partial charge in [-0.25, -0.2) is 0 Å². The number of fused-ring (bicyclic) bond motifs is 1. The van der Waals surface area contributed by atoms with Crippen molar-refractivity contribution in [2.75, 3.05) is 20.6 Å². The van der Waals surface area contributed by atoms with Crippen molar-refractivity contribution in [2.45, 2.75) is 6.04 Å². The van der Waals surface area contributed by atoms with Crippen LogP contribution in [0.5, 0.6) is 0 Å². The van der Waals surface area contributed by atoms with Crippen LogP contribution in [0.15, 0.2) is 36.7 Å². The van der Waals surface area contributed by atoms with Gasteiger partial charge in [0.1, 0.15) is 0 Å². The van der Waals surface area contributed by atoms with E-state index in [4.69, 9.17) is 5.84 Å². The van der Waals surface area contributed by atoms with Gasteiger partial charge in [0.05, 0.1) is 6.04 Å². The van der Waals surface area contributed by atoms with Gasteiger partial charge in [-0.2, -0.15) is 0 Å². The summed E-state index contributed by atoms with van der Waals surface area (Å²) in [5.74, 6) is 5.65. The molecule has 1 aromatic carbocycles. The van der Waals surface area contributed by atoms with Crippen molar-refractivity contribution in [1.29, 1.82) is 0 Å². The first kappa shape index (κ1) is 12.0. The summed E-state index contributed by atoms with van der Waals surface area (Å²) in [6.45, 7) is 0.852. The molecule has 0 aliphatic rings. The summed E-state index contributed by atoms with van der Waals surface area (Å²) in [6, 6.07) is 8.36. The maximum Gasteiger partial charge on any atom is 0.0593 e. The predicted octanol–water partition coefficient (Wildman–Crippen LogP) is 1.30. The van der Waals surface area contributed by atoms with E-state index in [1.807, 2.05) is 32.6 Å². The highest BCUT2D eigenvalue weighted by molar-refractivity contribution is 5.85. The fraction of sp³-hybridized carbons (Fsp3) is 0.308. The average molecular weight is 230 g/mol. The van der Waals surface area contributed by atoms with E-state index in [9.17, 15) is 0 Å². The van der Waals surface area contributed by atoms with Gasteiger partial charge in [0.15, 0.2) is 0 Å². The first-order chi connectivity index (χ1) is 8.22. The van der Waals surface area contributed by atoms with E-state index in [-0.39, 0.29) is 6.04 Å². The van der Waals surface area contributed by atoms with Crippen LogP contribution >= 0.6 is 0 Å². The van der Waals surface area contributed by atoms with Crippen LogP contribution in [-0.2, 0) is 0 Å². The van der Waals surface area contributed by atoms with Crippen molar-refractivity contribution < 1.29 is 0 Å². The number of hydrogen-bond acceptors (Lipinski definition) is 4. The molecule has 90 valence electrons. The molecule has 0 aliphatic heterocycles. The van der Waals surface area contributed by atoms with E-state index < -0.39 is 0 Å². The molecule has 0 amide bonds. The van der Waals surface area contributed by atoms with Crippen molar-refractivity contribution in [3.63, 3.8) is 0 Å². The molecule has 0 aliphatic carbocycles. The van der Waals surface area contributed by atoms with Crippen LogP contribution in [0.1, 0.15) is 11.6 Å². The monoisotopic (exact) mass is 230 g/mol. The number of likely N-dealkylation sites (N-methyl/N-ethyl adjacent to an activating group) is 1. The highest BCUT2D eigenvalue weighted by Gasteiger charge is 2.13. The largest absolute Gasteiger partial charge is 0.307 e. The van der Waals surface area contributed by atoms with Crippen LogP contribution in [0, 0.1) is 0 Å². The van der Waals surface area contributed by atoms with Gasteiger partial charge in [-0.3, -0.25) is 16.3 Å². The Morgan fingerprint density at radius 3 is 2.88 bits per heavy atom. The molecule has 3 N–H and O–H groups in total. The summed E-state index contributed by atoms with van der Waals surface area (Å²) in [5, 5.41) is 2.34. The lowest BCUT2D eigenvalue weighted by atomic mass is 10.0. The van der Waals surface area contributed by atoms with Gasteiger partial charge < -0.3 is 4.90 Å². The van der Waals surface area contributed by atoms with E-state index in [1.54, 1.807) is 0 Å². The fourth-order valence-corrected chi connectivity index (χ4v) is 2.05. The lowest BCUT2D eigenvalue weighted by molar-refractivity contribution is 0.345. The van der Waals surface area contributed by atoms with Crippen LogP contribution in [0.4, 0.5) is 0 Å². The highest BCUT2D eigenvalue weighted by Crippen LogP contribution is 2.23. The maximum atomic E-state index is 5.65. The van der Waals surface area contributed by atoms with Gasteiger partial charge in [0, 0.05) is 24.3 Å². The number of aromatic nitrogens is 1. The number of benzene rings is 1. The molecule has 0 bridgehead atoms. The Kier molecular flexibility index (Phi) is 3.68. The minimum absolute atomic E-state index is 0.109. The van der Waals surface area contributed by atoms with Crippen LogP contribution in [0.3, 0.4) is 0 Å². The number of hydrazine groups is 1. The van der Waals surface area contributed by atoms with Crippen LogP contribution in [0.2, 0.25) is 0 Å². The Labute approximate surface area is 101 Å². The molecule has 2 aromatic rings. The zero-order valence-electron chi connectivity index (χ0n) is 10.2. The first-order valence-corrected chi connectivity index (χ1v) is 5.66. The molecule has 1 heterocycles. The average Bonchev–Trinajstić information content (AvgIpc) is 2.35. The van der Waals surface area contributed by atoms with Crippen molar-refractivity contribution >= 4 is 10.8 Å². The third-order valence-electron chi connectivity index (χ3n) is 2.84.